The summed E-state index contributed by atoms with van der Waals surface area (Å²) in [6.45, 7) is 2.51. The molecule has 2 aromatic carbocycles. The Bertz CT molecular complexity index is 1330. The van der Waals surface area contributed by atoms with Crippen molar-refractivity contribution in [2.75, 3.05) is 10.6 Å². The molecular formula is C24H21N5O. The fraction of sp³-hybridized carbons (Fsp3) is 0.208. The van der Waals surface area contributed by atoms with Crippen molar-refractivity contribution in [3.63, 3.8) is 0 Å². The zero-order valence-corrected chi connectivity index (χ0v) is 16.6. The van der Waals surface area contributed by atoms with Crippen molar-refractivity contribution in [1.82, 2.24) is 9.38 Å². The van der Waals surface area contributed by atoms with Crippen molar-refractivity contribution in [2.24, 2.45) is 5.92 Å². The molecule has 2 heterocycles. The Kier molecular flexibility index (Phi) is 4.36. The van der Waals surface area contributed by atoms with Gasteiger partial charge in [0.2, 0.25) is 5.91 Å². The zero-order chi connectivity index (χ0) is 20.7. The van der Waals surface area contributed by atoms with Gasteiger partial charge in [0.15, 0.2) is 5.65 Å². The maximum atomic E-state index is 12.0. The van der Waals surface area contributed by atoms with Crippen LogP contribution in [0, 0.1) is 24.2 Å². The molecule has 1 fully saturated rings. The molecular weight excluding hydrogens is 374 g/mol. The van der Waals surface area contributed by atoms with Gasteiger partial charge in [-0.2, -0.15) is 5.26 Å². The molecule has 6 nitrogen and oxygen atoms in total. The Morgan fingerprint density at radius 1 is 1.20 bits per heavy atom. The number of para-hydroxylation sites is 2. The lowest BCUT2D eigenvalue weighted by Crippen LogP contribution is -2.13. The van der Waals surface area contributed by atoms with Crippen LogP contribution in [0.1, 0.15) is 29.5 Å². The van der Waals surface area contributed by atoms with E-state index in [4.69, 9.17) is 0 Å². The number of carbonyl (C=O) groups excluding carboxylic acids is 1. The molecule has 0 radical (unpaired) electrons. The second-order valence-corrected chi connectivity index (χ2v) is 7.78. The summed E-state index contributed by atoms with van der Waals surface area (Å²) in [6, 6.07) is 20.0. The van der Waals surface area contributed by atoms with Crippen LogP contribution in [0.15, 0.2) is 54.6 Å². The molecule has 1 aliphatic carbocycles. The monoisotopic (exact) mass is 395 g/mol. The van der Waals surface area contributed by atoms with E-state index in [0.717, 1.165) is 46.5 Å². The first kappa shape index (κ1) is 18.2. The van der Waals surface area contributed by atoms with E-state index in [2.05, 4.69) is 21.7 Å². The summed E-state index contributed by atoms with van der Waals surface area (Å²) in [5, 5.41) is 16.1. The van der Waals surface area contributed by atoms with Gasteiger partial charge >= 0.3 is 0 Å². The number of nitrogens with one attached hydrogen (secondary N) is 2. The van der Waals surface area contributed by atoms with Gasteiger partial charge < -0.3 is 10.6 Å². The summed E-state index contributed by atoms with van der Waals surface area (Å²) in [4.78, 5) is 16.7. The number of benzene rings is 2. The summed E-state index contributed by atoms with van der Waals surface area (Å²) in [6.07, 6.45) is 1.97. The normalized spacial score (nSPS) is 13.3. The first-order valence-electron chi connectivity index (χ1n) is 10.1. The SMILES string of the molecule is Cc1cc(NCc2cccc(NC(=O)C3CC3)c2)n2c(nc3ccccc32)c1C#N. The van der Waals surface area contributed by atoms with Crippen molar-refractivity contribution in [2.45, 2.75) is 26.3 Å². The molecule has 2 aromatic heterocycles. The van der Waals surface area contributed by atoms with Gasteiger partial charge in [0.25, 0.3) is 0 Å². The molecule has 0 atom stereocenters. The molecule has 148 valence electrons. The lowest BCUT2D eigenvalue weighted by atomic mass is 10.1. The highest BCUT2D eigenvalue weighted by atomic mass is 16.2. The van der Waals surface area contributed by atoms with Gasteiger partial charge in [0.05, 0.1) is 16.6 Å². The highest BCUT2D eigenvalue weighted by molar-refractivity contribution is 5.94. The molecule has 0 bridgehead atoms. The summed E-state index contributed by atoms with van der Waals surface area (Å²) >= 11 is 0. The number of anilines is 2. The van der Waals surface area contributed by atoms with Crippen molar-refractivity contribution >= 4 is 34.1 Å². The fourth-order valence-electron chi connectivity index (χ4n) is 3.77. The Labute approximate surface area is 174 Å². The molecule has 0 unspecified atom stereocenters. The number of pyridine rings is 1. The maximum absolute atomic E-state index is 12.0. The van der Waals surface area contributed by atoms with Crippen LogP contribution in [-0.4, -0.2) is 15.3 Å². The summed E-state index contributed by atoms with van der Waals surface area (Å²) in [5.41, 5.74) is 5.81. The van der Waals surface area contributed by atoms with Crippen LogP contribution in [0.3, 0.4) is 0 Å². The minimum atomic E-state index is 0.106. The van der Waals surface area contributed by atoms with E-state index in [1.54, 1.807) is 0 Å². The number of rotatable bonds is 5. The number of amides is 1. The van der Waals surface area contributed by atoms with E-state index < -0.39 is 0 Å². The number of carbonyl (C=O) groups is 1. The molecule has 0 saturated heterocycles. The van der Waals surface area contributed by atoms with Crippen molar-refractivity contribution < 1.29 is 4.79 Å². The predicted molar refractivity (Wildman–Crippen MR) is 117 cm³/mol. The number of fused-ring (bicyclic) bond motifs is 3. The van der Waals surface area contributed by atoms with E-state index in [1.165, 1.54) is 0 Å². The van der Waals surface area contributed by atoms with Crippen molar-refractivity contribution in [3.05, 3.63) is 71.3 Å². The average molecular weight is 395 g/mol. The van der Waals surface area contributed by atoms with E-state index in [-0.39, 0.29) is 11.8 Å². The summed E-state index contributed by atoms with van der Waals surface area (Å²) in [5.74, 6) is 1.16. The number of aryl methyl sites for hydroxylation is 1. The number of aromatic nitrogens is 2. The second kappa shape index (κ2) is 7.20. The minimum Gasteiger partial charge on any atom is -0.367 e. The summed E-state index contributed by atoms with van der Waals surface area (Å²) < 4.78 is 2.00. The standard InChI is InChI=1S/C24H21N5O/c1-15-11-22(29-21-8-3-2-7-20(21)28-23(29)19(15)13-25)26-14-16-5-4-6-18(12-16)27-24(30)17-9-10-17/h2-8,11-12,17,26H,9-10,14H2,1H3,(H,27,30). The van der Waals surface area contributed by atoms with E-state index in [1.807, 2.05) is 65.9 Å². The van der Waals surface area contributed by atoms with E-state index >= 15 is 0 Å². The third kappa shape index (κ3) is 3.25. The van der Waals surface area contributed by atoms with Crippen LogP contribution in [0.25, 0.3) is 16.7 Å². The lowest BCUT2D eigenvalue weighted by molar-refractivity contribution is -0.117. The minimum absolute atomic E-state index is 0.106. The first-order chi connectivity index (χ1) is 14.6. The Morgan fingerprint density at radius 3 is 2.83 bits per heavy atom. The topological polar surface area (TPSA) is 82.2 Å². The predicted octanol–water partition coefficient (Wildman–Crippen LogP) is 4.63. The lowest BCUT2D eigenvalue weighted by Gasteiger charge is -2.13. The highest BCUT2D eigenvalue weighted by Gasteiger charge is 2.29. The fourth-order valence-corrected chi connectivity index (χ4v) is 3.77. The van der Waals surface area contributed by atoms with Crippen LogP contribution in [-0.2, 0) is 11.3 Å². The van der Waals surface area contributed by atoms with Crippen molar-refractivity contribution in [1.29, 1.82) is 5.26 Å². The number of nitriles is 1. The largest absolute Gasteiger partial charge is 0.367 e. The van der Waals surface area contributed by atoms with Crippen LogP contribution in [0.5, 0.6) is 0 Å². The van der Waals surface area contributed by atoms with E-state index in [0.29, 0.717) is 17.8 Å². The van der Waals surface area contributed by atoms with Gasteiger partial charge in [0, 0.05) is 18.2 Å². The Hall–Kier alpha value is -3.85. The molecule has 6 heteroatoms. The van der Waals surface area contributed by atoms with Gasteiger partial charge in [0.1, 0.15) is 11.9 Å². The molecule has 4 aromatic rings. The van der Waals surface area contributed by atoms with Crippen molar-refractivity contribution in [3.8, 4) is 6.07 Å². The molecule has 0 spiro atoms. The number of imidazole rings is 1. The van der Waals surface area contributed by atoms with Crippen LogP contribution in [0.4, 0.5) is 11.5 Å². The van der Waals surface area contributed by atoms with Gasteiger partial charge in [-0.05, 0) is 61.2 Å². The van der Waals surface area contributed by atoms with Gasteiger partial charge in [-0.3, -0.25) is 9.20 Å². The highest BCUT2D eigenvalue weighted by Crippen LogP contribution is 2.30. The first-order valence-corrected chi connectivity index (χ1v) is 10.1. The van der Waals surface area contributed by atoms with Crippen LogP contribution >= 0.6 is 0 Å². The summed E-state index contributed by atoms with van der Waals surface area (Å²) in [7, 11) is 0. The van der Waals surface area contributed by atoms with Crippen LogP contribution < -0.4 is 10.6 Å². The number of hydrogen-bond donors (Lipinski definition) is 2. The quantitative estimate of drug-likeness (QED) is 0.516. The molecule has 0 aliphatic heterocycles. The molecule has 2 N–H and O–H groups in total. The van der Waals surface area contributed by atoms with Gasteiger partial charge in [-0.25, -0.2) is 4.98 Å². The number of hydrogen-bond acceptors (Lipinski definition) is 4. The molecule has 1 amide bonds. The van der Waals surface area contributed by atoms with Gasteiger partial charge in [-0.1, -0.05) is 24.3 Å². The second-order valence-electron chi connectivity index (χ2n) is 7.78. The van der Waals surface area contributed by atoms with Crippen LogP contribution in [0.2, 0.25) is 0 Å². The third-order valence-corrected chi connectivity index (χ3v) is 5.50. The average Bonchev–Trinajstić information content (AvgIpc) is 3.53. The third-order valence-electron chi connectivity index (χ3n) is 5.50. The van der Waals surface area contributed by atoms with Gasteiger partial charge in [-0.15, -0.1) is 0 Å². The van der Waals surface area contributed by atoms with E-state index in [9.17, 15) is 10.1 Å². The zero-order valence-electron chi connectivity index (χ0n) is 16.6. The molecule has 1 saturated carbocycles. The Balaban J connectivity index is 1.47. The molecule has 1 aliphatic rings. The smallest absolute Gasteiger partial charge is 0.227 e. The maximum Gasteiger partial charge on any atom is 0.227 e. The molecule has 30 heavy (non-hydrogen) atoms. The number of nitrogens with zero attached hydrogens (tertiary/aromatic N) is 3. The molecule has 5 rings (SSSR count). The Morgan fingerprint density at radius 2 is 2.03 bits per heavy atom.